The molecule has 0 aromatic carbocycles. The third-order valence-corrected chi connectivity index (χ3v) is 3.04. The van der Waals surface area contributed by atoms with E-state index in [0.29, 0.717) is 19.6 Å². The third-order valence-electron chi connectivity index (χ3n) is 3.04. The van der Waals surface area contributed by atoms with E-state index in [1.165, 1.54) is 0 Å². The molecule has 6 N–H and O–H groups in total. The predicted octanol–water partition coefficient (Wildman–Crippen LogP) is -0.502. The van der Waals surface area contributed by atoms with E-state index in [-0.39, 0.29) is 17.8 Å². The summed E-state index contributed by atoms with van der Waals surface area (Å²) in [5.74, 6) is -0.272. The molecule has 7 nitrogen and oxygen atoms in total. The Balaban J connectivity index is 4.43. The summed E-state index contributed by atoms with van der Waals surface area (Å²) in [5.41, 5.74) is 16.6. The van der Waals surface area contributed by atoms with Gasteiger partial charge in [-0.3, -0.25) is 9.79 Å². The number of guanidine groups is 1. The van der Waals surface area contributed by atoms with Crippen molar-refractivity contribution < 1.29 is 9.53 Å². The Morgan fingerprint density at radius 2 is 1.95 bits per heavy atom. The van der Waals surface area contributed by atoms with Crippen LogP contribution in [-0.4, -0.2) is 56.7 Å². The summed E-state index contributed by atoms with van der Waals surface area (Å²) in [4.78, 5) is 17.8. The van der Waals surface area contributed by atoms with Crippen LogP contribution in [0.25, 0.3) is 0 Å². The first-order chi connectivity index (χ1) is 9.38. The maximum absolute atomic E-state index is 11.7. The summed E-state index contributed by atoms with van der Waals surface area (Å²) in [7, 11) is 4.03. The zero-order valence-electron chi connectivity index (χ0n) is 12.8. The molecule has 0 radical (unpaired) electrons. The summed E-state index contributed by atoms with van der Waals surface area (Å²) >= 11 is 0. The zero-order valence-corrected chi connectivity index (χ0v) is 12.8. The molecule has 0 amide bonds. The lowest BCUT2D eigenvalue weighted by molar-refractivity contribution is -0.146. The van der Waals surface area contributed by atoms with E-state index in [1.807, 2.05) is 14.1 Å². The monoisotopic (exact) mass is 287 g/mol. The van der Waals surface area contributed by atoms with Gasteiger partial charge in [0.2, 0.25) is 0 Å². The number of hydrogen-bond acceptors (Lipinski definition) is 5. The maximum atomic E-state index is 11.7. The van der Waals surface area contributed by atoms with Crippen molar-refractivity contribution in [2.24, 2.45) is 28.1 Å². The van der Waals surface area contributed by atoms with Gasteiger partial charge >= 0.3 is 5.97 Å². The number of nitrogens with zero attached hydrogens (tertiary/aromatic N) is 2. The van der Waals surface area contributed by atoms with Crippen LogP contribution >= 0.6 is 0 Å². The van der Waals surface area contributed by atoms with Crippen LogP contribution in [-0.2, 0) is 9.53 Å². The van der Waals surface area contributed by atoms with Crippen molar-refractivity contribution in [3.05, 3.63) is 0 Å². The van der Waals surface area contributed by atoms with Gasteiger partial charge in [-0.2, -0.15) is 0 Å². The van der Waals surface area contributed by atoms with E-state index in [2.05, 4.69) is 9.89 Å². The SMILES string of the molecule is CCOC(=O)[C@@H](N)C(CCCN(C)C)CCN=C(N)N. The fourth-order valence-electron chi connectivity index (χ4n) is 1.96. The van der Waals surface area contributed by atoms with Gasteiger partial charge in [0.25, 0.3) is 0 Å². The molecule has 0 aliphatic heterocycles. The van der Waals surface area contributed by atoms with Crippen molar-refractivity contribution >= 4 is 11.9 Å². The van der Waals surface area contributed by atoms with Crippen LogP contribution in [0, 0.1) is 5.92 Å². The average molecular weight is 287 g/mol. The first kappa shape index (κ1) is 18.7. The second kappa shape index (κ2) is 10.4. The molecule has 1 unspecified atom stereocenters. The summed E-state index contributed by atoms with van der Waals surface area (Å²) in [6.45, 7) is 3.53. The molecule has 0 aromatic heterocycles. The minimum absolute atomic E-state index is 0.0251. The van der Waals surface area contributed by atoms with Gasteiger partial charge in [0, 0.05) is 6.54 Å². The van der Waals surface area contributed by atoms with Gasteiger partial charge in [0.15, 0.2) is 5.96 Å². The number of rotatable bonds is 10. The van der Waals surface area contributed by atoms with E-state index in [9.17, 15) is 4.79 Å². The molecular weight excluding hydrogens is 258 g/mol. The smallest absolute Gasteiger partial charge is 0.323 e. The van der Waals surface area contributed by atoms with Crippen LogP contribution in [0.5, 0.6) is 0 Å². The highest BCUT2D eigenvalue weighted by molar-refractivity contribution is 5.76. The van der Waals surface area contributed by atoms with Crippen molar-refractivity contribution in [3.63, 3.8) is 0 Å². The van der Waals surface area contributed by atoms with E-state index >= 15 is 0 Å². The number of hydrogen-bond donors (Lipinski definition) is 3. The highest BCUT2D eigenvalue weighted by Gasteiger charge is 2.25. The number of nitrogens with two attached hydrogens (primary N) is 3. The zero-order chi connectivity index (χ0) is 15.5. The molecule has 0 aromatic rings. The molecule has 0 bridgehead atoms. The van der Waals surface area contributed by atoms with Gasteiger partial charge in [-0.05, 0) is 52.7 Å². The second-order valence-corrected chi connectivity index (χ2v) is 5.08. The lowest BCUT2D eigenvalue weighted by Crippen LogP contribution is -2.40. The van der Waals surface area contributed by atoms with Gasteiger partial charge in [0.05, 0.1) is 6.61 Å². The Bertz CT molecular complexity index is 303. The van der Waals surface area contributed by atoms with Crippen LogP contribution in [0.1, 0.15) is 26.2 Å². The minimum atomic E-state index is -0.619. The van der Waals surface area contributed by atoms with Crippen LogP contribution in [0.4, 0.5) is 0 Å². The Kier molecular flexibility index (Phi) is 9.75. The number of carbonyl (C=O) groups is 1. The molecule has 0 saturated carbocycles. The minimum Gasteiger partial charge on any atom is -0.465 e. The van der Waals surface area contributed by atoms with Gasteiger partial charge in [-0.1, -0.05) is 0 Å². The van der Waals surface area contributed by atoms with Gasteiger partial charge in [0.1, 0.15) is 6.04 Å². The number of aliphatic imine (C=N–C) groups is 1. The molecule has 20 heavy (non-hydrogen) atoms. The van der Waals surface area contributed by atoms with Crippen molar-refractivity contribution in [3.8, 4) is 0 Å². The van der Waals surface area contributed by atoms with Crippen LogP contribution in [0.3, 0.4) is 0 Å². The van der Waals surface area contributed by atoms with Crippen LogP contribution in [0.2, 0.25) is 0 Å². The number of ether oxygens (including phenoxy) is 1. The van der Waals surface area contributed by atoms with Crippen molar-refractivity contribution in [2.45, 2.75) is 32.2 Å². The highest BCUT2D eigenvalue weighted by atomic mass is 16.5. The Morgan fingerprint density at radius 1 is 1.30 bits per heavy atom. The quantitative estimate of drug-likeness (QED) is 0.283. The Labute approximate surface area is 121 Å². The van der Waals surface area contributed by atoms with Crippen LogP contribution in [0.15, 0.2) is 4.99 Å². The molecule has 118 valence electrons. The summed E-state index contributed by atoms with van der Waals surface area (Å²) in [6, 6.07) is -0.619. The molecule has 0 spiro atoms. The molecular formula is C13H29N5O2. The molecule has 0 aliphatic carbocycles. The van der Waals surface area contributed by atoms with E-state index in [4.69, 9.17) is 21.9 Å². The molecule has 2 atom stereocenters. The summed E-state index contributed by atoms with van der Waals surface area (Å²) in [6.07, 6.45) is 2.48. The first-order valence-electron chi connectivity index (χ1n) is 7.00. The molecule has 0 saturated heterocycles. The van der Waals surface area contributed by atoms with Crippen LogP contribution < -0.4 is 17.2 Å². The predicted molar refractivity (Wildman–Crippen MR) is 81.2 cm³/mol. The summed E-state index contributed by atoms with van der Waals surface area (Å²) < 4.78 is 4.98. The standard InChI is InChI=1S/C13H29N5O2/c1-4-20-12(19)11(14)10(6-5-9-18(2)3)7-8-17-13(15)16/h10-11H,4-9,14H2,1-3H3,(H4,15,16,17)/t10?,11-/m0/s1. The number of esters is 1. The fourth-order valence-corrected chi connectivity index (χ4v) is 1.96. The molecule has 7 heteroatoms. The maximum Gasteiger partial charge on any atom is 0.323 e. The van der Waals surface area contributed by atoms with Crippen molar-refractivity contribution in [1.29, 1.82) is 0 Å². The number of carbonyl (C=O) groups excluding carboxylic acids is 1. The largest absolute Gasteiger partial charge is 0.465 e. The molecule has 0 aliphatic rings. The molecule has 0 heterocycles. The molecule has 0 rings (SSSR count). The van der Waals surface area contributed by atoms with Crippen molar-refractivity contribution in [1.82, 2.24) is 4.90 Å². The third kappa shape index (κ3) is 8.71. The fraction of sp³-hybridized carbons (Fsp3) is 0.846. The lowest BCUT2D eigenvalue weighted by Gasteiger charge is -2.22. The summed E-state index contributed by atoms with van der Waals surface area (Å²) in [5, 5.41) is 0. The lowest BCUT2D eigenvalue weighted by atomic mass is 9.91. The van der Waals surface area contributed by atoms with Crippen molar-refractivity contribution in [2.75, 3.05) is 33.8 Å². The first-order valence-corrected chi connectivity index (χ1v) is 7.00. The molecule has 0 fully saturated rings. The van der Waals surface area contributed by atoms with Gasteiger partial charge in [-0.15, -0.1) is 0 Å². The van der Waals surface area contributed by atoms with E-state index in [0.717, 1.165) is 19.4 Å². The van der Waals surface area contributed by atoms with Gasteiger partial charge in [-0.25, -0.2) is 0 Å². The second-order valence-electron chi connectivity index (χ2n) is 5.08. The van der Waals surface area contributed by atoms with Gasteiger partial charge < -0.3 is 26.8 Å². The van der Waals surface area contributed by atoms with E-state index in [1.54, 1.807) is 6.92 Å². The highest BCUT2D eigenvalue weighted by Crippen LogP contribution is 2.16. The topological polar surface area (TPSA) is 120 Å². The average Bonchev–Trinajstić information content (AvgIpc) is 2.35. The van der Waals surface area contributed by atoms with E-state index < -0.39 is 6.04 Å². The normalized spacial score (nSPS) is 13.8. The Morgan fingerprint density at radius 3 is 2.45 bits per heavy atom. The Hall–Kier alpha value is -1.34.